The molecule has 1 aromatic carbocycles. The summed E-state index contributed by atoms with van der Waals surface area (Å²) in [5.74, 6) is 1.81. The second kappa shape index (κ2) is 12.6. The first kappa shape index (κ1) is 28.0. The van der Waals surface area contributed by atoms with Crippen LogP contribution in [0.3, 0.4) is 0 Å². The summed E-state index contributed by atoms with van der Waals surface area (Å²) < 4.78 is 0. The molecule has 0 radical (unpaired) electrons. The lowest BCUT2D eigenvalue weighted by molar-refractivity contribution is -0.122. The Bertz CT molecular complexity index is 1120. The third kappa shape index (κ3) is 6.79. The number of amides is 1. The molecule has 1 aliphatic carbocycles. The Hall–Kier alpha value is -2.59. The van der Waals surface area contributed by atoms with Gasteiger partial charge in [-0.25, -0.2) is 0 Å². The molecule has 4 nitrogen and oxygen atoms in total. The van der Waals surface area contributed by atoms with Crippen LogP contribution in [0.5, 0.6) is 0 Å². The monoisotopic (exact) mass is 489 g/mol. The number of likely N-dealkylation sites (N-methyl/N-ethyl adjacent to an activating group) is 1. The molecule has 1 aromatic heterocycles. The van der Waals surface area contributed by atoms with E-state index >= 15 is 0 Å². The molecular weight excluding hydrogens is 442 g/mol. The third-order valence-electron chi connectivity index (χ3n) is 7.44. The highest BCUT2D eigenvalue weighted by atomic mass is 16.1. The average Bonchev–Trinajstić information content (AvgIpc) is 3.64. The van der Waals surface area contributed by atoms with Gasteiger partial charge in [0.25, 0.3) is 0 Å². The van der Waals surface area contributed by atoms with Crippen LogP contribution in [0.4, 0.5) is 0 Å². The summed E-state index contributed by atoms with van der Waals surface area (Å²) in [6.45, 7) is 19.6. The van der Waals surface area contributed by atoms with Gasteiger partial charge in [0.15, 0.2) is 0 Å². The second-order valence-electron chi connectivity index (χ2n) is 10.7. The van der Waals surface area contributed by atoms with Gasteiger partial charge in [0, 0.05) is 23.6 Å². The zero-order valence-electron chi connectivity index (χ0n) is 23.6. The second-order valence-corrected chi connectivity index (χ2v) is 10.7. The van der Waals surface area contributed by atoms with Gasteiger partial charge in [-0.3, -0.25) is 9.69 Å². The zero-order valence-corrected chi connectivity index (χ0v) is 23.6. The summed E-state index contributed by atoms with van der Waals surface area (Å²) in [6, 6.07) is 7.01. The number of nitrogens with zero attached hydrogens (tertiary/aromatic N) is 1. The normalized spacial score (nSPS) is 17.8. The van der Waals surface area contributed by atoms with Gasteiger partial charge in [0.1, 0.15) is 0 Å². The summed E-state index contributed by atoms with van der Waals surface area (Å²) in [5, 5.41) is 4.09. The van der Waals surface area contributed by atoms with Crippen molar-refractivity contribution < 1.29 is 4.79 Å². The Morgan fingerprint density at radius 2 is 1.81 bits per heavy atom. The number of likely N-dealkylation sites (tertiary alicyclic amines) is 1. The maximum atomic E-state index is 11.7. The Labute approximate surface area is 218 Å². The molecular formula is C32H47N3O. The molecule has 2 aromatic rings. The van der Waals surface area contributed by atoms with Crippen molar-refractivity contribution in [2.24, 2.45) is 5.92 Å². The fourth-order valence-corrected chi connectivity index (χ4v) is 5.37. The number of carbonyl (C=O) groups excluding carboxylic acids is 1. The molecule has 1 saturated heterocycles. The number of benzene rings is 1. The van der Waals surface area contributed by atoms with E-state index in [1.807, 2.05) is 13.8 Å². The lowest BCUT2D eigenvalue weighted by Gasteiger charge is -2.31. The minimum atomic E-state index is 0.103. The van der Waals surface area contributed by atoms with E-state index in [-0.39, 0.29) is 5.91 Å². The average molecular weight is 490 g/mol. The SMILES string of the molecule is C=C(C)/C=C(\C=C(/C)C1CC1)c1[nH]c2ccc(C3CCN(CC(=O)NC)CC3)cc2c1C(C)C.CC. The molecule has 0 bridgehead atoms. The highest BCUT2D eigenvalue weighted by Gasteiger charge is 2.25. The van der Waals surface area contributed by atoms with Crippen LogP contribution in [0, 0.1) is 5.92 Å². The first-order valence-electron chi connectivity index (χ1n) is 13.9. The predicted octanol–water partition coefficient (Wildman–Crippen LogP) is 7.56. The van der Waals surface area contributed by atoms with E-state index in [1.54, 1.807) is 7.05 Å². The molecule has 1 saturated carbocycles. The molecule has 36 heavy (non-hydrogen) atoms. The molecule has 1 aliphatic heterocycles. The Balaban J connectivity index is 0.00000176. The van der Waals surface area contributed by atoms with Crippen LogP contribution in [-0.2, 0) is 4.79 Å². The molecule has 2 heterocycles. The van der Waals surface area contributed by atoms with Gasteiger partial charge < -0.3 is 10.3 Å². The van der Waals surface area contributed by atoms with Crippen molar-refractivity contribution in [2.45, 2.75) is 79.1 Å². The molecule has 2 N–H and O–H groups in total. The third-order valence-corrected chi connectivity index (χ3v) is 7.44. The van der Waals surface area contributed by atoms with Crippen molar-refractivity contribution in [2.75, 3.05) is 26.7 Å². The standard InChI is InChI=1S/C30H41N3O.C2H6/c1-19(2)15-25(16-21(5)22-7-8-22)30-29(20(3)4)26-17-24(9-10-27(26)32-30)23-11-13-33(14-12-23)18-28(34)31-6;1-2/h9-10,15-17,20,22-23,32H,1,7-8,11-14,18H2,2-6H3,(H,31,34);1-2H3/b21-16+,25-15+;. The topological polar surface area (TPSA) is 48.1 Å². The number of allylic oxidation sites excluding steroid dienone is 5. The largest absolute Gasteiger partial charge is 0.358 e. The fourth-order valence-electron chi connectivity index (χ4n) is 5.37. The smallest absolute Gasteiger partial charge is 0.233 e. The number of carbonyl (C=O) groups is 1. The number of hydrogen-bond acceptors (Lipinski definition) is 2. The number of fused-ring (bicyclic) bond motifs is 1. The van der Waals surface area contributed by atoms with Crippen molar-refractivity contribution in [3.8, 4) is 0 Å². The van der Waals surface area contributed by atoms with Crippen LogP contribution in [-0.4, -0.2) is 42.5 Å². The molecule has 2 fully saturated rings. The lowest BCUT2D eigenvalue weighted by atomic mass is 9.87. The number of piperidine rings is 1. The van der Waals surface area contributed by atoms with Crippen molar-refractivity contribution in [1.29, 1.82) is 0 Å². The molecule has 4 rings (SSSR count). The number of H-pyrrole nitrogens is 1. The predicted molar refractivity (Wildman–Crippen MR) is 155 cm³/mol. The highest BCUT2D eigenvalue weighted by Crippen LogP contribution is 2.40. The van der Waals surface area contributed by atoms with Crippen molar-refractivity contribution in [3.05, 3.63) is 64.9 Å². The van der Waals surface area contributed by atoms with E-state index in [4.69, 9.17) is 0 Å². The first-order valence-corrected chi connectivity index (χ1v) is 13.9. The van der Waals surface area contributed by atoms with Crippen LogP contribution in [0.15, 0.2) is 48.1 Å². The van der Waals surface area contributed by atoms with Crippen LogP contribution in [0.1, 0.15) is 95.9 Å². The quantitative estimate of drug-likeness (QED) is 0.376. The van der Waals surface area contributed by atoms with Crippen LogP contribution < -0.4 is 5.32 Å². The van der Waals surface area contributed by atoms with Gasteiger partial charge >= 0.3 is 0 Å². The first-order chi connectivity index (χ1) is 17.3. The van der Waals surface area contributed by atoms with Crippen LogP contribution in [0.2, 0.25) is 0 Å². The molecule has 0 atom stereocenters. The minimum Gasteiger partial charge on any atom is -0.358 e. The van der Waals surface area contributed by atoms with E-state index in [1.165, 1.54) is 51.7 Å². The number of aromatic nitrogens is 1. The van der Waals surface area contributed by atoms with Crippen LogP contribution in [0.25, 0.3) is 16.5 Å². The number of nitrogens with one attached hydrogen (secondary N) is 2. The number of aromatic amines is 1. The van der Waals surface area contributed by atoms with Gasteiger partial charge in [-0.2, -0.15) is 0 Å². The summed E-state index contributed by atoms with van der Waals surface area (Å²) in [4.78, 5) is 17.8. The van der Waals surface area contributed by atoms with E-state index < -0.39 is 0 Å². The molecule has 1 amide bonds. The Kier molecular flexibility index (Phi) is 9.78. The van der Waals surface area contributed by atoms with Gasteiger partial charge in [-0.05, 0) is 99.2 Å². The maximum absolute atomic E-state index is 11.7. The van der Waals surface area contributed by atoms with E-state index in [9.17, 15) is 4.79 Å². The summed E-state index contributed by atoms with van der Waals surface area (Å²) in [5.41, 5.74) is 9.09. The van der Waals surface area contributed by atoms with E-state index in [0.717, 1.165) is 37.4 Å². The Morgan fingerprint density at radius 3 is 2.36 bits per heavy atom. The number of hydrogen-bond donors (Lipinski definition) is 2. The molecule has 196 valence electrons. The summed E-state index contributed by atoms with van der Waals surface area (Å²) >= 11 is 0. The summed E-state index contributed by atoms with van der Waals surface area (Å²) in [6.07, 6.45) is 9.44. The van der Waals surface area contributed by atoms with Crippen molar-refractivity contribution in [1.82, 2.24) is 15.2 Å². The van der Waals surface area contributed by atoms with Gasteiger partial charge in [-0.1, -0.05) is 63.6 Å². The molecule has 2 aliphatic rings. The fraction of sp³-hybridized carbons (Fsp3) is 0.531. The lowest BCUT2D eigenvalue weighted by Crippen LogP contribution is -2.40. The molecule has 4 heteroatoms. The molecule has 0 spiro atoms. The van der Waals surface area contributed by atoms with Gasteiger partial charge in [-0.15, -0.1) is 0 Å². The minimum absolute atomic E-state index is 0.103. The number of rotatable bonds is 8. The van der Waals surface area contributed by atoms with E-state index in [2.05, 4.69) is 79.8 Å². The Morgan fingerprint density at radius 1 is 1.14 bits per heavy atom. The maximum Gasteiger partial charge on any atom is 0.233 e. The van der Waals surface area contributed by atoms with Crippen molar-refractivity contribution in [3.63, 3.8) is 0 Å². The summed E-state index contributed by atoms with van der Waals surface area (Å²) in [7, 11) is 1.71. The molecule has 0 unspecified atom stereocenters. The van der Waals surface area contributed by atoms with Crippen LogP contribution >= 0.6 is 0 Å². The zero-order chi connectivity index (χ0) is 26.4. The highest BCUT2D eigenvalue weighted by molar-refractivity contribution is 5.92. The van der Waals surface area contributed by atoms with Gasteiger partial charge in [0.05, 0.1) is 6.54 Å². The van der Waals surface area contributed by atoms with Gasteiger partial charge in [0.2, 0.25) is 5.91 Å². The van der Waals surface area contributed by atoms with Crippen molar-refractivity contribution >= 4 is 22.4 Å². The van der Waals surface area contributed by atoms with E-state index in [0.29, 0.717) is 18.4 Å².